The molecule has 0 heterocycles. The highest BCUT2D eigenvalue weighted by molar-refractivity contribution is 5.86. The number of benzene rings is 1. The van der Waals surface area contributed by atoms with Gasteiger partial charge in [-0.1, -0.05) is 27.7 Å². The molecule has 0 aromatic heterocycles. The minimum atomic E-state index is -0.729. The largest absolute Gasteiger partial charge is 0.493 e. The molecule has 2 rings (SSSR count). The quantitative estimate of drug-likeness (QED) is 0.525. The molecule has 0 aliphatic heterocycles. The number of halogens is 1. The summed E-state index contributed by atoms with van der Waals surface area (Å²) in [6.45, 7) is 10.9. The molecule has 0 radical (unpaired) electrons. The Hall–Kier alpha value is -1.64. The maximum Gasteiger partial charge on any atom is 0.178 e. The summed E-state index contributed by atoms with van der Waals surface area (Å²) in [5.41, 5.74) is 3.63. The summed E-state index contributed by atoms with van der Waals surface area (Å²) < 4.78 is 19.7. The first-order valence-corrected chi connectivity index (χ1v) is 8.45. The van der Waals surface area contributed by atoms with Gasteiger partial charge in [-0.2, -0.15) is 0 Å². The van der Waals surface area contributed by atoms with Crippen LogP contribution in [0.15, 0.2) is 18.0 Å². The lowest BCUT2D eigenvalue weighted by atomic mass is 9.68. The molecule has 23 heavy (non-hydrogen) atoms. The molecule has 0 saturated carbocycles. The smallest absolute Gasteiger partial charge is 0.178 e. The van der Waals surface area contributed by atoms with E-state index in [0.29, 0.717) is 29.4 Å². The van der Waals surface area contributed by atoms with Crippen molar-refractivity contribution in [3.63, 3.8) is 0 Å². The zero-order valence-corrected chi connectivity index (χ0v) is 14.8. The number of hydrogen-bond acceptors (Lipinski definition) is 2. The average Bonchev–Trinajstić information content (AvgIpc) is 2.54. The second-order valence-electron chi connectivity index (χ2n) is 7.20. The van der Waals surface area contributed by atoms with Crippen molar-refractivity contribution >= 4 is 11.9 Å². The van der Waals surface area contributed by atoms with Crippen LogP contribution in [0.2, 0.25) is 0 Å². The Morgan fingerprint density at radius 1 is 1.43 bits per heavy atom. The molecule has 0 saturated heterocycles. The molecule has 0 fully saturated rings. The Balaban J connectivity index is 2.66. The number of rotatable bonds is 5. The van der Waals surface area contributed by atoms with Crippen molar-refractivity contribution in [3.8, 4) is 5.75 Å². The van der Waals surface area contributed by atoms with Crippen molar-refractivity contribution in [2.24, 2.45) is 0 Å². The molecule has 0 amide bonds. The maximum atomic E-state index is 13.9. The zero-order valence-electron chi connectivity index (χ0n) is 14.8. The molecule has 0 bridgehead atoms. The van der Waals surface area contributed by atoms with Crippen LogP contribution in [-0.4, -0.2) is 12.9 Å². The lowest BCUT2D eigenvalue weighted by molar-refractivity contribution is -0.106. The minimum Gasteiger partial charge on any atom is -0.493 e. The highest BCUT2D eigenvalue weighted by atomic mass is 19.1. The average molecular weight is 318 g/mol. The molecule has 126 valence electrons. The van der Waals surface area contributed by atoms with E-state index in [0.717, 1.165) is 19.3 Å². The van der Waals surface area contributed by atoms with E-state index in [1.807, 2.05) is 13.0 Å². The standard InChI is InChI=1S/C20H27FO2/c1-6-9-23-19-11-15-13(2)7-8-20(4,5)17(15)10-16(19)14(3)18(21)12-22/h10-13H,6-9H2,1-5H3/b18-14+. The second kappa shape index (κ2) is 6.86. The van der Waals surface area contributed by atoms with Gasteiger partial charge in [-0.3, -0.25) is 4.79 Å². The molecule has 1 unspecified atom stereocenters. The van der Waals surface area contributed by atoms with E-state index >= 15 is 0 Å². The summed E-state index contributed by atoms with van der Waals surface area (Å²) in [4.78, 5) is 10.8. The predicted molar refractivity (Wildman–Crippen MR) is 92.7 cm³/mol. The molecule has 2 nitrogen and oxygen atoms in total. The summed E-state index contributed by atoms with van der Waals surface area (Å²) in [6.07, 6.45) is 3.40. The van der Waals surface area contributed by atoms with Gasteiger partial charge in [0.25, 0.3) is 0 Å². The lowest BCUT2D eigenvalue weighted by Crippen LogP contribution is -2.26. The van der Waals surface area contributed by atoms with Gasteiger partial charge in [0.15, 0.2) is 12.1 Å². The normalized spacial score (nSPS) is 20.5. The summed E-state index contributed by atoms with van der Waals surface area (Å²) >= 11 is 0. The second-order valence-corrected chi connectivity index (χ2v) is 7.20. The third kappa shape index (κ3) is 3.49. The summed E-state index contributed by atoms with van der Waals surface area (Å²) in [5, 5.41) is 0. The van der Waals surface area contributed by atoms with Crippen LogP contribution >= 0.6 is 0 Å². The molecule has 1 atom stereocenters. The van der Waals surface area contributed by atoms with Gasteiger partial charge in [0.1, 0.15) is 5.75 Å². The van der Waals surface area contributed by atoms with Crippen LogP contribution in [0, 0.1) is 0 Å². The molecule has 1 aromatic carbocycles. The Labute approximate surface area is 138 Å². The molecule has 1 aliphatic carbocycles. The van der Waals surface area contributed by atoms with Crippen molar-refractivity contribution in [2.45, 2.75) is 65.2 Å². The number of allylic oxidation sites excluding steroid dienone is 2. The fourth-order valence-corrected chi connectivity index (χ4v) is 3.30. The van der Waals surface area contributed by atoms with Crippen LogP contribution < -0.4 is 4.74 Å². The number of hydrogen-bond donors (Lipinski definition) is 0. The van der Waals surface area contributed by atoms with E-state index in [9.17, 15) is 9.18 Å². The van der Waals surface area contributed by atoms with Gasteiger partial charge < -0.3 is 4.74 Å². The van der Waals surface area contributed by atoms with Gasteiger partial charge in [0.05, 0.1) is 6.61 Å². The first kappa shape index (κ1) is 17.7. The van der Waals surface area contributed by atoms with Crippen molar-refractivity contribution in [3.05, 3.63) is 34.6 Å². The number of carbonyl (C=O) groups excluding carboxylic acids is 1. The fraction of sp³-hybridized carbons (Fsp3) is 0.550. The van der Waals surface area contributed by atoms with Crippen molar-refractivity contribution in [2.75, 3.05) is 6.61 Å². The Kier molecular flexibility index (Phi) is 5.28. The number of carbonyl (C=O) groups is 1. The van der Waals surface area contributed by atoms with Crippen molar-refractivity contribution in [1.82, 2.24) is 0 Å². The summed E-state index contributed by atoms with van der Waals surface area (Å²) in [7, 11) is 0. The Morgan fingerprint density at radius 3 is 2.74 bits per heavy atom. The van der Waals surface area contributed by atoms with Gasteiger partial charge in [-0.15, -0.1) is 0 Å². The Bertz CT molecular complexity index is 629. The van der Waals surface area contributed by atoms with E-state index in [1.165, 1.54) is 11.1 Å². The van der Waals surface area contributed by atoms with Crippen LogP contribution in [0.4, 0.5) is 4.39 Å². The van der Waals surface area contributed by atoms with Crippen LogP contribution in [0.25, 0.3) is 5.57 Å². The number of ether oxygens (including phenoxy) is 1. The molecular formula is C20H27FO2. The number of aldehydes is 1. The lowest BCUT2D eigenvalue weighted by Gasteiger charge is -2.37. The van der Waals surface area contributed by atoms with Crippen LogP contribution in [-0.2, 0) is 10.2 Å². The van der Waals surface area contributed by atoms with Gasteiger partial charge in [0, 0.05) is 5.56 Å². The van der Waals surface area contributed by atoms with E-state index in [-0.39, 0.29) is 11.7 Å². The molecule has 1 aromatic rings. The SMILES string of the molecule is CCCOc1cc2c(cc1/C(C)=C(/F)C=O)C(C)(C)CCC2C. The minimum absolute atomic E-state index is 0.0534. The molecule has 0 N–H and O–H groups in total. The maximum absolute atomic E-state index is 13.9. The van der Waals surface area contributed by atoms with E-state index < -0.39 is 5.83 Å². The molecule has 1 aliphatic rings. The zero-order chi connectivity index (χ0) is 17.2. The molecule has 0 spiro atoms. The third-order valence-corrected chi connectivity index (χ3v) is 4.94. The fourth-order valence-electron chi connectivity index (χ4n) is 3.30. The summed E-state index contributed by atoms with van der Waals surface area (Å²) in [5.74, 6) is 0.425. The highest BCUT2D eigenvalue weighted by Gasteiger charge is 2.32. The van der Waals surface area contributed by atoms with Gasteiger partial charge >= 0.3 is 0 Å². The van der Waals surface area contributed by atoms with E-state index in [4.69, 9.17) is 4.74 Å². The molecule has 3 heteroatoms. The van der Waals surface area contributed by atoms with Crippen molar-refractivity contribution in [1.29, 1.82) is 0 Å². The molecular weight excluding hydrogens is 291 g/mol. The predicted octanol–water partition coefficient (Wildman–Crippen LogP) is 5.55. The van der Waals surface area contributed by atoms with Gasteiger partial charge in [-0.05, 0) is 66.4 Å². The van der Waals surface area contributed by atoms with Crippen LogP contribution in [0.5, 0.6) is 5.75 Å². The van der Waals surface area contributed by atoms with Crippen LogP contribution in [0.1, 0.15) is 76.5 Å². The topological polar surface area (TPSA) is 26.3 Å². The van der Waals surface area contributed by atoms with Crippen LogP contribution in [0.3, 0.4) is 0 Å². The Morgan fingerprint density at radius 2 is 2.13 bits per heavy atom. The third-order valence-electron chi connectivity index (χ3n) is 4.94. The van der Waals surface area contributed by atoms with E-state index in [2.05, 4.69) is 26.8 Å². The highest BCUT2D eigenvalue weighted by Crippen LogP contribution is 2.46. The first-order chi connectivity index (χ1) is 10.8. The van der Waals surface area contributed by atoms with Crippen molar-refractivity contribution < 1.29 is 13.9 Å². The monoisotopic (exact) mass is 318 g/mol. The van der Waals surface area contributed by atoms with E-state index in [1.54, 1.807) is 6.92 Å². The van der Waals surface area contributed by atoms with Gasteiger partial charge in [-0.25, -0.2) is 4.39 Å². The van der Waals surface area contributed by atoms with Gasteiger partial charge in [0.2, 0.25) is 0 Å². The summed E-state index contributed by atoms with van der Waals surface area (Å²) in [6, 6.07) is 4.10. The number of fused-ring (bicyclic) bond motifs is 1. The first-order valence-electron chi connectivity index (χ1n) is 8.45.